The summed E-state index contributed by atoms with van der Waals surface area (Å²) in [5.74, 6) is 0.919. The number of halogens is 1. The van der Waals surface area contributed by atoms with E-state index in [9.17, 15) is 9.90 Å². The van der Waals surface area contributed by atoms with E-state index in [2.05, 4.69) is 0 Å². The Balaban J connectivity index is 2.20. The van der Waals surface area contributed by atoms with Crippen LogP contribution in [-0.4, -0.2) is 41.5 Å². The third-order valence-corrected chi connectivity index (χ3v) is 3.98. The molecule has 0 aromatic heterocycles. The first-order valence-corrected chi connectivity index (χ1v) is 7.44. The number of alkyl halides is 1. The summed E-state index contributed by atoms with van der Waals surface area (Å²) in [6.45, 7) is 0.728. The van der Waals surface area contributed by atoms with Crippen LogP contribution in [0.3, 0.4) is 0 Å². The first-order chi connectivity index (χ1) is 9.67. The predicted molar refractivity (Wildman–Crippen MR) is 78.7 cm³/mol. The van der Waals surface area contributed by atoms with Gasteiger partial charge < -0.3 is 14.7 Å². The van der Waals surface area contributed by atoms with Gasteiger partial charge in [0.15, 0.2) is 0 Å². The number of methoxy groups -OCH3 is 1. The molecule has 1 aliphatic rings. The third kappa shape index (κ3) is 3.18. The molecule has 0 bridgehead atoms. The van der Waals surface area contributed by atoms with Crippen LogP contribution in [0.4, 0.5) is 0 Å². The predicted octanol–water partition coefficient (Wildman–Crippen LogP) is 3.02. The number of phenols is 1. The Kier molecular flexibility index (Phi) is 5.12. The quantitative estimate of drug-likeness (QED) is 0.869. The number of nitrogens with zero attached hydrogens (tertiary/aromatic N) is 1. The topological polar surface area (TPSA) is 49.8 Å². The minimum absolute atomic E-state index is 0.0375. The number of benzene rings is 1. The second kappa shape index (κ2) is 6.84. The van der Waals surface area contributed by atoms with E-state index in [1.54, 1.807) is 12.1 Å². The number of ether oxygens (including phenoxy) is 1. The molecule has 1 aromatic rings. The van der Waals surface area contributed by atoms with Gasteiger partial charge in [0.2, 0.25) is 0 Å². The average molecular weight is 298 g/mol. The van der Waals surface area contributed by atoms with Gasteiger partial charge in [0, 0.05) is 24.5 Å². The van der Waals surface area contributed by atoms with Crippen molar-refractivity contribution in [2.45, 2.75) is 31.7 Å². The van der Waals surface area contributed by atoms with Crippen LogP contribution in [0.2, 0.25) is 0 Å². The van der Waals surface area contributed by atoms with Crippen molar-refractivity contribution in [1.29, 1.82) is 0 Å². The van der Waals surface area contributed by atoms with Gasteiger partial charge in [0.1, 0.15) is 11.5 Å². The van der Waals surface area contributed by atoms with Gasteiger partial charge in [-0.2, -0.15) is 0 Å². The van der Waals surface area contributed by atoms with E-state index in [1.165, 1.54) is 13.2 Å². The molecule has 1 unspecified atom stereocenters. The zero-order valence-electron chi connectivity index (χ0n) is 11.6. The molecule has 0 spiro atoms. The summed E-state index contributed by atoms with van der Waals surface area (Å²) in [5.41, 5.74) is 0.326. The van der Waals surface area contributed by atoms with Gasteiger partial charge in [-0.1, -0.05) is 0 Å². The lowest BCUT2D eigenvalue weighted by atomic mass is 9.98. The summed E-state index contributed by atoms with van der Waals surface area (Å²) in [7, 11) is 1.53. The van der Waals surface area contributed by atoms with Gasteiger partial charge >= 0.3 is 0 Å². The molecule has 20 heavy (non-hydrogen) atoms. The van der Waals surface area contributed by atoms with Gasteiger partial charge in [-0.3, -0.25) is 4.79 Å². The highest BCUT2D eigenvalue weighted by molar-refractivity contribution is 6.17. The van der Waals surface area contributed by atoms with Crippen molar-refractivity contribution in [3.8, 4) is 11.5 Å². The molecule has 1 N–H and O–H groups in total. The lowest BCUT2D eigenvalue weighted by Crippen LogP contribution is -2.44. The fraction of sp³-hybridized carbons (Fsp3) is 0.533. The number of hydrogen-bond acceptors (Lipinski definition) is 3. The van der Waals surface area contributed by atoms with Crippen LogP contribution in [0.1, 0.15) is 36.0 Å². The molecular formula is C15H20ClNO3. The molecule has 1 atom stereocenters. The molecule has 0 saturated carbocycles. The molecule has 1 aliphatic heterocycles. The zero-order valence-corrected chi connectivity index (χ0v) is 12.4. The first-order valence-electron chi connectivity index (χ1n) is 6.91. The molecule has 5 heteroatoms. The largest absolute Gasteiger partial charge is 0.507 e. The standard InChI is InChI=1S/C15H20ClNO3/c1-20-12-5-6-13(14(18)10-12)15(19)17-9-3-2-4-11(17)7-8-16/h5-6,10-11,18H,2-4,7-9H2,1H3. The third-order valence-electron chi connectivity index (χ3n) is 3.77. The van der Waals surface area contributed by atoms with Crippen molar-refractivity contribution in [1.82, 2.24) is 4.90 Å². The van der Waals surface area contributed by atoms with E-state index >= 15 is 0 Å². The normalized spacial score (nSPS) is 18.9. The number of hydrogen-bond donors (Lipinski definition) is 1. The summed E-state index contributed by atoms with van der Waals surface area (Å²) in [6, 6.07) is 4.94. The number of aromatic hydroxyl groups is 1. The molecular weight excluding hydrogens is 278 g/mol. The number of piperidine rings is 1. The Labute approximate surface area is 124 Å². The van der Waals surface area contributed by atoms with E-state index in [0.29, 0.717) is 17.2 Å². The van der Waals surface area contributed by atoms with E-state index in [4.69, 9.17) is 16.3 Å². The number of amides is 1. The molecule has 0 aliphatic carbocycles. The van der Waals surface area contributed by atoms with E-state index < -0.39 is 0 Å². The van der Waals surface area contributed by atoms with Crippen molar-refractivity contribution < 1.29 is 14.6 Å². The molecule has 4 nitrogen and oxygen atoms in total. The molecule has 0 radical (unpaired) electrons. The molecule has 1 heterocycles. The second-order valence-corrected chi connectivity index (χ2v) is 5.39. The van der Waals surface area contributed by atoms with Crippen molar-refractivity contribution in [3.63, 3.8) is 0 Å². The molecule has 1 aromatic carbocycles. The van der Waals surface area contributed by atoms with Gasteiger partial charge in [0.25, 0.3) is 5.91 Å². The van der Waals surface area contributed by atoms with Crippen LogP contribution in [0.5, 0.6) is 11.5 Å². The Morgan fingerprint density at radius 2 is 2.30 bits per heavy atom. The molecule has 110 valence electrons. The summed E-state index contributed by atoms with van der Waals surface area (Å²) in [5, 5.41) is 9.99. The Morgan fingerprint density at radius 1 is 1.50 bits per heavy atom. The lowest BCUT2D eigenvalue weighted by molar-refractivity contribution is 0.0606. The van der Waals surface area contributed by atoms with Gasteiger partial charge in [0.05, 0.1) is 12.7 Å². The van der Waals surface area contributed by atoms with Gasteiger partial charge in [-0.25, -0.2) is 0 Å². The van der Waals surface area contributed by atoms with Crippen molar-refractivity contribution >= 4 is 17.5 Å². The monoisotopic (exact) mass is 297 g/mol. The van der Waals surface area contributed by atoms with E-state index in [-0.39, 0.29) is 17.7 Å². The number of phenolic OH excluding ortho intramolecular Hbond substituents is 1. The number of carbonyl (C=O) groups excluding carboxylic acids is 1. The van der Waals surface area contributed by atoms with Crippen LogP contribution in [0.15, 0.2) is 18.2 Å². The van der Waals surface area contributed by atoms with Crippen LogP contribution in [0.25, 0.3) is 0 Å². The number of likely N-dealkylation sites (tertiary alicyclic amines) is 1. The summed E-state index contributed by atoms with van der Waals surface area (Å²) in [4.78, 5) is 14.4. The summed E-state index contributed by atoms with van der Waals surface area (Å²) < 4.78 is 5.03. The molecule has 1 saturated heterocycles. The summed E-state index contributed by atoms with van der Waals surface area (Å²) in [6.07, 6.45) is 3.90. The highest BCUT2D eigenvalue weighted by Gasteiger charge is 2.28. The molecule has 1 fully saturated rings. The Hall–Kier alpha value is -1.42. The van der Waals surface area contributed by atoms with Crippen LogP contribution < -0.4 is 4.74 Å². The highest BCUT2D eigenvalue weighted by Crippen LogP contribution is 2.28. The minimum atomic E-state index is -0.125. The Morgan fingerprint density at radius 3 is 2.95 bits per heavy atom. The maximum atomic E-state index is 12.6. The SMILES string of the molecule is COc1ccc(C(=O)N2CCCCC2CCCl)c(O)c1. The van der Waals surface area contributed by atoms with Crippen molar-refractivity contribution in [2.24, 2.45) is 0 Å². The molecule has 1 amide bonds. The Bertz CT molecular complexity index is 476. The van der Waals surface area contributed by atoms with E-state index in [1.807, 2.05) is 4.90 Å². The summed E-state index contributed by atoms with van der Waals surface area (Å²) >= 11 is 5.82. The van der Waals surface area contributed by atoms with Gasteiger partial charge in [-0.05, 0) is 37.8 Å². The van der Waals surface area contributed by atoms with E-state index in [0.717, 1.165) is 32.2 Å². The lowest BCUT2D eigenvalue weighted by Gasteiger charge is -2.35. The van der Waals surface area contributed by atoms with Crippen molar-refractivity contribution in [3.05, 3.63) is 23.8 Å². The number of carbonyl (C=O) groups is 1. The average Bonchev–Trinajstić information content (AvgIpc) is 2.47. The zero-order chi connectivity index (χ0) is 14.5. The molecule has 2 rings (SSSR count). The fourth-order valence-electron chi connectivity index (χ4n) is 2.67. The smallest absolute Gasteiger partial charge is 0.257 e. The maximum Gasteiger partial charge on any atom is 0.257 e. The maximum absolute atomic E-state index is 12.6. The number of rotatable bonds is 4. The van der Waals surface area contributed by atoms with Crippen molar-refractivity contribution in [2.75, 3.05) is 19.5 Å². The van der Waals surface area contributed by atoms with Gasteiger partial charge in [-0.15, -0.1) is 11.6 Å². The fourth-order valence-corrected chi connectivity index (χ4v) is 2.92. The van der Waals surface area contributed by atoms with Crippen LogP contribution in [0, 0.1) is 0 Å². The first kappa shape index (κ1) is 15.0. The minimum Gasteiger partial charge on any atom is -0.507 e. The second-order valence-electron chi connectivity index (χ2n) is 5.01. The van der Waals surface area contributed by atoms with Crippen LogP contribution >= 0.6 is 11.6 Å². The highest BCUT2D eigenvalue weighted by atomic mass is 35.5. The van der Waals surface area contributed by atoms with Crippen LogP contribution in [-0.2, 0) is 0 Å².